The van der Waals surface area contributed by atoms with Crippen molar-refractivity contribution in [3.63, 3.8) is 0 Å². The first-order valence-corrected chi connectivity index (χ1v) is 8.29. The van der Waals surface area contributed by atoms with Gasteiger partial charge in [0.05, 0.1) is 0 Å². The fraction of sp³-hybridized carbons (Fsp3) is 0.625. The van der Waals surface area contributed by atoms with Crippen LogP contribution in [-0.4, -0.2) is 42.5 Å². The van der Waals surface area contributed by atoms with Crippen molar-refractivity contribution in [1.82, 2.24) is 9.80 Å². The largest absolute Gasteiger partial charge is 0.303 e. The summed E-state index contributed by atoms with van der Waals surface area (Å²) < 4.78 is 14.0. The molecule has 2 aliphatic heterocycles. The second-order valence-electron chi connectivity index (χ2n) is 6.21. The fourth-order valence-corrected chi connectivity index (χ4v) is 4.24. The molecule has 2 heterocycles. The summed E-state index contributed by atoms with van der Waals surface area (Å²) in [7, 11) is 2.27. The number of benzene rings is 1. The highest BCUT2D eigenvalue weighted by atomic mass is 79.9. The van der Waals surface area contributed by atoms with Crippen LogP contribution in [0.5, 0.6) is 0 Å². The molecule has 2 saturated heterocycles. The third-order valence-electron chi connectivity index (χ3n) is 4.84. The molecule has 0 N–H and O–H groups in total. The van der Waals surface area contributed by atoms with Crippen molar-refractivity contribution in [3.05, 3.63) is 34.1 Å². The van der Waals surface area contributed by atoms with E-state index in [2.05, 4.69) is 32.8 Å². The summed E-state index contributed by atoms with van der Waals surface area (Å²) in [6.45, 7) is 4.51. The first-order valence-electron chi connectivity index (χ1n) is 7.50. The van der Waals surface area contributed by atoms with Crippen molar-refractivity contribution in [1.29, 1.82) is 0 Å². The number of rotatable bonds is 2. The smallest absolute Gasteiger partial charge is 0.124 e. The predicted octanol–water partition coefficient (Wildman–Crippen LogP) is 3.50. The molecule has 3 rings (SSSR count). The summed E-state index contributed by atoms with van der Waals surface area (Å²) in [6, 6.07) is 5.80. The molecule has 2 unspecified atom stereocenters. The Bertz CT molecular complexity index is 480. The summed E-state index contributed by atoms with van der Waals surface area (Å²) in [6.07, 6.45) is 3.95. The summed E-state index contributed by atoms with van der Waals surface area (Å²) >= 11 is 3.48. The lowest BCUT2D eigenvalue weighted by Crippen LogP contribution is -2.52. The van der Waals surface area contributed by atoms with Crippen LogP contribution in [-0.2, 0) is 6.54 Å². The average Bonchev–Trinajstić information content (AvgIpc) is 2.42. The minimum atomic E-state index is -0.173. The van der Waals surface area contributed by atoms with Gasteiger partial charge in [0.25, 0.3) is 0 Å². The van der Waals surface area contributed by atoms with E-state index in [1.54, 1.807) is 12.1 Å². The lowest BCUT2D eigenvalue weighted by Gasteiger charge is -2.46. The van der Waals surface area contributed by atoms with Gasteiger partial charge in [-0.15, -0.1) is 0 Å². The SMILES string of the molecule is CN1CCCC2CN(Cc3ccc(F)cc3Br)CCC21. The first-order chi connectivity index (χ1) is 9.63. The Kier molecular flexibility index (Phi) is 4.43. The number of piperidine rings is 2. The Balaban J connectivity index is 1.64. The van der Waals surface area contributed by atoms with E-state index in [1.807, 2.05) is 6.07 Å². The number of likely N-dealkylation sites (tertiary alicyclic amines) is 2. The summed E-state index contributed by atoms with van der Waals surface area (Å²) in [4.78, 5) is 5.07. The highest BCUT2D eigenvalue weighted by Crippen LogP contribution is 2.31. The van der Waals surface area contributed by atoms with Crippen LogP contribution < -0.4 is 0 Å². The van der Waals surface area contributed by atoms with Crippen LogP contribution in [0.2, 0.25) is 0 Å². The van der Waals surface area contributed by atoms with E-state index < -0.39 is 0 Å². The maximum Gasteiger partial charge on any atom is 0.124 e. The molecule has 110 valence electrons. The van der Waals surface area contributed by atoms with Crippen LogP contribution in [0.25, 0.3) is 0 Å². The minimum Gasteiger partial charge on any atom is -0.303 e. The maximum absolute atomic E-state index is 13.1. The van der Waals surface area contributed by atoms with E-state index in [9.17, 15) is 4.39 Å². The van der Waals surface area contributed by atoms with E-state index in [-0.39, 0.29) is 5.82 Å². The monoisotopic (exact) mass is 340 g/mol. The number of hydrogen-bond donors (Lipinski definition) is 0. The normalized spacial score (nSPS) is 28.4. The van der Waals surface area contributed by atoms with Crippen LogP contribution >= 0.6 is 15.9 Å². The second-order valence-corrected chi connectivity index (χ2v) is 7.06. The average molecular weight is 341 g/mol. The molecule has 1 aromatic carbocycles. The van der Waals surface area contributed by atoms with Gasteiger partial charge in [-0.2, -0.15) is 0 Å². The summed E-state index contributed by atoms with van der Waals surface area (Å²) in [5.74, 6) is 0.634. The number of halogens is 2. The Labute approximate surface area is 129 Å². The Morgan fingerprint density at radius 2 is 2.15 bits per heavy atom. The van der Waals surface area contributed by atoms with E-state index in [1.165, 1.54) is 37.9 Å². The molecule has 0 spiro atoms. The Morgan fingerprint density at radius 1 is 1.30 bits per heavy atom. The van der Waals surface area contributed by atoms with Crippen LogP contribution in [0, 0.1) is 11.7 Å². The zero-order valence-corrected chi connectivity index (χ0v) is 13.6. The van der Waals surface area contributed by atoms with Crippen molar-refractivity contribution in [2.45, 2.75) is 31.8 Å². The fourth-order valence-electron chi connectivity index (χ4n) is 3.76. The topological polar surface area (TPSA) is 6.48 Å². The van der Waals surface area contributed by atoms with Gasteiger partial charge >= 0.3 is 0 Å². The van der Waals surface area contributed by atoms with Gasteiger partial charge in [0.1, 0.15) is 5.82 Å². The van der Waals surface area contributed by atoms with Crippen molar-refractivity contribution in [2.75, 3.05) is 26.7 Å². The zero-order chi connectivity index (χ0) is 14.1. The van der Waals surface area contributed by atoms with Crippen molar-refractivity contribution in [3.8, 4) is 0 Å². The molecular formula is C16H22BrFN2. The Morgan fingerprint density at radius 3 is 2.95 bits per heavy atom. The molecule has 0 aliphatic carbocycles. The molecule has 0 radical (unpaired) electrons. The lowest BCUT2D eigenvalue weighted by molar-refractivity contribution is 0.0354. The quantitative estimate of drug-likeness (QED) is 0.812. The van der Waals surface area contributed by atoms with Gasteiger partial charge in [-0.1, -0.05) is 22.0 Å². The second kappa shape index (κ2) is 6.12. The molecule has 2 fully saturated rings. The van der Waals surface area contributed by atoms with Crippen LogP contribution in [0.15, 0.2) is 22.7 Å². The molecule has 0 aromatic heterocycles. The van der Waals surface area contributed by atoms with Crippen LogP contribution in [0.4, 0.5) is 4.39 Å². The van der Waals surface area contributed by atoms with Gasteiger partial charge < -0.3 is 4.90 Å². The molecule has 4 heteroatoms. The minimum absolute atomic E-state index is 0.173. The van der Waals surface area contributed by atoms with Crippen LogP contribution in [0.3, 0.4) is 0 Å². The lowest BCUT2D eigenvalue weighted by atomic mass is 9.84. The number of hydrogen-bond acceptors (Lipinski definition) is 2. The molecule has 20 heavy (non-hydrogen) atoms. The van der Waals surface area contributed by atoms with Gasteiger partial charge in [-0.3, -0.25) is 4.90 Å². The van der Waals surface area contributed by atoms with Crippen LogP contribution in [0.1, 0.15) is 24.8 Å². The molecule has 1 aromatic rings. The maximum atomic E-state index is 13.1. The summed E-state index contributed by atoms with van der Waals surface area (Å²) in [5.41, 5.74) is 1.19. The van der Waals surface area contributed by atoms with Gasteiger partial charge in [-0.05, 0) is 63.0 Å². The molecule has 0 bridgehead atoms. The molecule has 2 nitrogen and oxygen atoms in total. The van der Waals surface area contributed by atoms with Gasteiger partial charge in [0.15, 0.2) is 0 Å². The molecule has 2 atom stereocenters. The molecule has 2 aliphatic rings. The van der Waals surface area contributed by atoms with Crippen molar-refractivity contribution < 1.29 is 4.39 Å². The highest BCUT2D eigenvalue weighted by molar-refractivity contribution is 9.10. The molecule has 0 saturated carbocycles. The third kappa shape index (κ3) is 3.07. The van der Waals surface area contributed by atoms with Gasteiger partial charge in [0.2, 0.25) is 0 Å². The van der Waals surface area contributed by atoms with Crippen molar-refractivity contribution >= 4 is 15.9 Å². The van der Waals surface area contributed by atoms with Crippen molar-refractivity contribution in [2.24, 2.45) is 5.92 Å². The van der Waals surface area contributed by atoms with E-state index in [4.69, 9.17) is 0 Å². The predicted molar refractivity (Wildman–Crippen MR) is 83.1 cm³/mol. The first kappa shape index (κ1) is 14.5. The number of fused-ring (bicyclic) bond motifs is 1. The number of nitrogens with zero attached hydrogens (tertiary/aromatic N) is 2. The molecular weight excluding hydrogens is 319 g/mol. The third-order valence-corrected chi connectivity index (χ3v) is 5.58. The highest BCUT2D eigenvalue weighted by Gasteiger charge is 2.34. The van der Waals surface area contributed by atoms with E-state index in [0.29, 0.717) is 0 Å². The van der Waals surface area contributed by atoms with E-state index in [0.717, 1.165) is 29.5 Å². The zero-order valence-electron chi connectivity index (χ0n) is 12.0. The molecule has 0 amide bonds. The Hall–Kier alpha value is -0.450. The van der Waals surface area contributed by atoms with E-state index >= 15 is 0 Å². The van der Waals surface area contributed by atoms with Gasteiger partial charge in [0, 0.05) is 23.6 Å². The summed E-state index contributed by atoms with van der Waals surface area (Å²) in [5, 5.41) is 0. The van der Waals surface area contributed by atoms with Gasteiger partial charge in [-0.25, -0.2) is 4.39 Å². The standard InChI is InChI=1S/C16H22BrFN2/c1-19-7-2-3-13-11-20(8-6-16(13)19)10-12-4-5-14(18)9-15(12)17/h4-5,9,13,16H,2-3,6-8,10-11H2,1H3.